The van der Waals surface area contributed by atoms with Crippen LogP contribution in [-0.2, 0) is 6.54 Å². The maximum Gasteiger partial charge on any atom is 0.145 e. The molecule has 2 aromatic rings. The first-order chi connectivity index (χ1) is 9.63. The van der Waals surface area contributed by atoms with Crippen LogP contribution in [0.3, 0.4) is 0 Å². The number of benzene rings is 1. The molecule has 1 aromatic carbocycles. The fraction of sp³-hybridized carbons (Fsp3) is 0.438. The van der Waals surface area contributed by atoms with E-state index in [2.05, 4.69) is 48.2 Å². The number of hydrogen-bond donors (Lipinski definition) is 2. The van der Waals surface area contributed by atoms with E-state index >= 15 is 0 Å². The Hall–Kier alpha value is -1.65. The van der Waals surface area contributed by atoms with Crippen molar-refractivity contribution >= 4 is 16.7 Å². The van der Waals surface area contributed by atoms with E-state index in [4.69, 9.17) is 5.84 Å². The summed E-state index contributed by atoms with van der Waals surface area (Å²) in [6.07, 6.45) is 0. The molecule has 20 heavy (non-hydrogen) atoms. The van der Waals surface area contributed by atoms with Gasteiger partial charge >= 0.3 is 0 Å². The van der Waals surface area contributed by atoms with Crippen LogP contribution in [0.25, 0.3) is 10.9 Å². The fourth-order valence-electron chi connectivity index (χ4n) is 2.47. The molecule has 0 aliphatic rings. The molecule has 108 valence electrons. The summed E-state index contributed by atoms with van der Waals surface area (Å²) < 4.78 is 0. The number of para-hydroxylation sites is 1. The first-order valence-corrected chi connectivity index (χ1v) is 7.21. The first kappa shape index (κ1) is 14.8. The van der Waals surface area contributed by atoms with Crippen LogP contribution in [0.5, 0.6) is 0 Å². The average molecular weight is 272 g/mol. The molecule has 0 aliphatic carbocycles. The number of nitrogens with two attached hydrogens (primary N) is 1. The standard InChI is InChI=1S/C16H24N4/c1-4-20(10-12(2)3)11-14-9-13-7-5-6-8-15(13)18-16(14)19-17/h5-9,12H,4,10-11,17H2,1-3H3,(H,18,19). The molecule has 1 heterocycles. The van der Waals surface area contributed by atoms with E-state index in [9.17, 15) is 0 Å². The van der Waals surface area contributed by atoms with Crippen LogP contribution >= 0.6 is 0 Å². The zero-order chi connectivity index (χ0) is 14.5. The molecule has 2 rings (SSSR count). The van der Waals surface area contributed by atoms with Gasteiger partial charge in [0.05, 0.1) is 5.52 Å². The molecule has 0 saturated carbocycles. The molecule has 0 amide bonds. The lowest BCUT2D eigenvalue weighted by molar-refractivity contribution is 0.248. The Balaban J connectivity index is 2.31. The molecule has 0 unspecified atom stereocenters. The third-order valence-corrected chi connectivity index (χ3v) is 3.40. The van der Waals surface area contributed by atoms with Gasteiger partial charge in [0, 0.05) is 24.0 Å². The van der Waals surface area contributed by atoms with Gasteiger partial charge in [0.25, 0.3) is 0 Å². The number of aromatic nitrogens is 1. The summed E-state index contributed by atoms with van der Waals surface area (Å²) in [4.78, 5) is 7.01. The van der Waals surface area contributed by atoms with E-state index in [0.29, 0.717) is 5.92 Å². The topological polar surface area (TPSA) is 54.2 Å². The Morgan fingerprint density at radius 1 is 1.30 bits per heavy atom. The summed E-state index contributed by atoms with van der Waals surface area (Å²) in [5, 5.41) is 1.15. The van der Waals surface area contributed by atoms with Crippen LogP contribution < -0.4 is 11.3 Å². The summed E-state index contributed by atoms with van der Waals surface area (Å²) >= 11 is 0. The fourth-order valence-corrected chi connectivity index (χ4v) is 2.47. The number of rotatable bonds is 6. The molecule has 0 radical (unpaired) electrons. The SMILES string of the molecule is CCN(Cc1cc2ccccc2nc1NN)CC(C)C. The third kappa shape index (κ3) is 3.46. The van der Waals surface area contributed by atoms with Gasteiger partial charge in [0.15, 0.2) is 0 Å². The molecular formula is C16H24N4. The second-order valence-corrected chi connectivity index (χ2v) is 5.55. The monoisotopic (exact) mass is 272 g/mol. The van der Waals surface area contributed by atoms with Crippen molar-refractivity contribution in [3.63, 3.8) is 0 Å². The van der Waals surface area contributed by atoms with Gasteiger partial charge in [-0.05, 0) is 24.6 Å². The van der Waals surface area contributed by atoms with Gasteiger partial charge in [0.2, 0.25) is 0 Å². The summed E-state index contributed by atoms with van der Waals surface area (Å²) in [5.41, 5.74) is 4.85. The minimum Gasteiger partial charge on any atom is -0.308 e. The minimum atomic E-state index is 0.651. The van der Waals surface area contributed by atoms with Gasteiger partial charge in [-0.25, -0.2) is 10.8 Å². The molecule has 4 heteroatoms. The van der Waals surface area contributed by atoms with Gasteiger partial charge in [-0.2, -0.15) is 0 Å². The van der Waals surface area contributed by atoms with Gasteiger partial charge < -0.3 is 5.43 Å². The molecule has 0 atom stereocenters. The Morgan fingerprint density at radius 3 is 2.70 bits per heavy atom. The Bertz CT molecular complexity index is 565. The quantitative estimate of drug-likeness (QED) is 0.627. The second-order valence-electron chi connectivity index (χ2n) is 5.55. The second kappa shape index (κ2) is 6.68. The number of nitrogens with zero attached hydrogens (tertiary/aromatic N) is 2. The first-order valence-electron chi connectivity index (χ1n) is 7.21. The molecule has 0 fully saturated rings. The summed E-state index contributed by atoms with van der Waals surface area (Å²) in [5.74, 6) is 7.05. The van der Waals surface area contributed by atoms with Gasteiger partial charge in [-0.3, -0.25) is 4.90 Å². The minimum absolute atomic E-state index is 0.651. The van der Waals surface area contributed by atoms with Crippen molar-refractivity contribution in [2.75, 3.05) is 18.5 Å². The number of hydrogen-bond acceptors (Lipinski definition) is 4. The van der Waals surface area contributed by atoms with Crippen molar-refractivity contribution in [1.82, 2.24) is 9.88 Å². The maximum absolute atomic E-state index is 5.63. The lowest BCUT2D eigenvalue weighted by Gasteiger charge is -2.23. The smallest absolute Gasteiger partial charge is 0.145 e. The van der Waals surface area contributed by atoms with Crippen LogP contribution in [0.1, 0.15) is 26.3 Å². The summed E-state index contributed by atoms with van der Waals surface area (Å²) in [7, 11) is 0. The molecule has 0 spiro atoms. The summed E-state index contributed by atoms with van der Waals surface area (Å²) in [6, 6.07) is 10.3. The van der Waals surface area contributed by atoms with E-state index in [-0.39, 0.29) is 0 Å². The Kier molecular flexibility index (Phi) is 4.93. The Morgan fingerprint density at radius 2 is 2.05 bits per heavy atom. The molecular weight excluding hydrogens is 248 g/mol. The van der Waals surface area contributed by atoms with Crippen molar-refractivity contribution in [3.8, 4) is 0 Å². The summed E-state index contributed by atoms with van der Waals surface area (Å²) in [6.45, 7) is 9.63. The largest absolute Gasteiger partial charge is 0.308 e. The van der Waals surface area contributed by atoms with E-state index in [1.165, 1.54) is 0 Å². The molecule has 0 bridgehead atoms. The van der Waals surface area contributed by atoms with Crippen molar-refractivity contribution in [2.45, 2.75) is 27.3 Å². The van der Waals surface area contributed by atoms with Gasteiger partial charge in [-0.15, -0.1) is 0 Å². The number of hydrazine groups is 1. The van der Waals surface area contributed by atoms with Crippen molar-refractivity contribution in [1.29, 1.82) is 0 Å². The van der Waals surface area contributed by atoms with E-state index in [1.54, 1.807) is 0 Å². The van der Waals surface area contributed by atoms with Crippen LogP contribution in [0, 0.1) is 5.92 Å². The number of anilines is 1. The highest BCUT2D eigenvalue weighted by atomic mass is 15.3. The molecule has 4 nitrogen and oxygen atoms in total. The van der Waals surface area contributed by atoms with Gasteiger partial charge in [0.1, 0.15) is 5.82 Å². The van der Waals surface area contributed by atoms with Crippen molar-refractivity contribution in [2.24, 2.45) is 11.8 Å². The van der Waals surface area contributed by atoms with Crippen LogP contribution in [0.4, 0.5) is 5.82 Å². The lowest BCUT2D eigenvalue weighted by atomic mass is 10.1. The number of nitrogens with one attached hydrogen (secondary N) is 1. The van der Waals surface area contributed by atoms with E-state index in [1.807, 2.05) is 18.2 Å². The van der Waals surface area contributed by atoms with Crippen LogP contribution in [0.15, 0.2) is 30.3 Å². The van der Waals surface area contributed by atoms with Crippen molar-refractivity contribution in [3.05, 3.63) is 35.9 Å². The number of fused-ring (bicyclic) bond motifs is 1. The normalized spacial score (nSPS) is 11.5. The highest BCUT2D eigenvalue weighted by Crippen LogP contribution is 2.21. The zero-order valence-electron chi connectivity index (χ0n) is 12.6. The predicted molar refractivity (Wildman–Crippen MR) is 85.3 cm³/mol. The highest BCUT2D eigenvalue weighted by Gasteiger charge is 2.11. The van der Waals surface area contributed by atoms with E-state index in [0.717, 1.165) is 41.9 Å². The highest BCUT2D eigenvalue weighted by molar-refractivity contribution is 5.81. The third-order valence-electron chi connectivity index (χ3n) is 3.40. The number of nitrogen functional groups attached to an aromatic ring is 1. The van der Waals surface area contributed by atoms with E-state index < -0.39 is 0 Å². The average Bonchev–Trinajstić information content (AvgIpc) is 2.45. The molecule has 1 aromatic heterocycles. The molecule has 3 N–H and O–H groups in total. The van der Waals surface area contributed by atoms with Gasteiger partial charge in [-0.1, -0.05) is 39.0 Å². The van der Waals surface area contributed by atoms with Crippen molar-refractivity contribution < 1.29 is 0 Å². The maximum atomic E-state index is 5.63. The molecule has 0 saturated heterocycles. The van der Waals surface area contributed by atoms with Crippen LogP contribution in [0.2, 0.25) is 0 Å². The zero-order valence-corrected chi connectivity index (χ0v) is 12.6. The molecule has 0 aliphatic heterocycles. The number of pyridine rings is 1. The Labute approximate surface area is 121 Å². The van der Waals surface area contributed by atoms with Crippen LogP contribution in [-0.4, -0.2) is 23.0 Å². The predicted octanol–water partition coefficient (Wildman–Crippen LogP) is 3.00. The lowest BCUT2D eigenvalue weighted by Crippen LogP contribution is -2.28.